The van der Waals surface area contributed by atoms with Crippen molar-refractivity contribution in [1.82, 2.24) is 10.2 Å². The Morgan fingerprint density at radius 3 is 2.28 bits per heavy atom. The van der Waals surface area contributed by atoms with Gasteiger partial charge in [0.2, 0.25) is 5.91 Å². The molecule has 0 spiro atoms. The maximum Gasteiger partial charge on any atom is 0.418 e. The second kappa shape index (κ2) is 8.84. The molecule has 4 rings (SSSR count). The van der Waals surface area contributed by atoms with Gasteiger partial charge in [0, 0.05) is 13.1 Å². The van der Waals surface area contributed by atoms with Crippen LogP contribution >= 0.6 is 0 Å². The molecule has 170 valence electrons. The fourth-order valence-corrected chi connectivity index (χ4v) is 4.73. The number of carbonyl (C=O) groups is 2. The summed E-state index contributed by atoms with van der Waals surface area (Å²) in [5.41, 5.74) is -0.0677. The van der Waals surface area contributed by atoms with Gasteiger partial charge in [0.25, 0.3) is 0 Å². The van der Waals surface area contributed by atoms with Crippen LogP contribution in [0.4, 0.5) is 23.7 Å². The standard InChI is InChI=1S/C24H26F3N3O2/c25-24(26,27)19-10-4-5-11-20(19)28-22(32)29-23(13-6-1-7-14-23)21(31)30-15-12-17-8-2-3-9-18(17)16-30/h2-5,8-11H,1,6-7,12-16H2,(H2,28,29,32). The van der Waals surface area contributed by atoms with Gasteiger partial charge >= 0.3 is 12.2 Å². The maximum absolute atomic E-state index is 13.6. The molecule has 0 bridgehead atoms. The van der Waals surface area contributed by atoms with Crippen molar-refractivity contribution in [3.8, 4) is 0 Å². The first-order valence-electron chi connectivity index (χ1n) is 10.9. The van der Waals surface area contributed by atoms with Gasteiger partial charge in [-0.15, -0.1) is 0 Å². The molecule has 0 unspecified atom stereocenters. The maximum atomic E-state index is 13.6. The molecule has 1 aliphatic carbocycles. The number of hydrogen-bond acceptors (Lipinski definition) is 2. The number of para-hydroxylation sites is 1. The van der Waals surface area contributed by atoms with Crippen LogP contribution in [-0.4, -0.2) is 28.9 Å². The molecule has 1 fully saturated rings. The van der Waals surface area contributed by atoms with Crippen molar-refractivity contribution in [2.75, 3.05) is 11.9 Å². The Morgan fingerprint density at radius 2 is 1.56 bits per heavy atom. The number of halogens is 3. The lowest BCUT2D eigenvalue weighted by Crippen LogP contribution is -2.61. The van der Waals surface area contributed by atoms with Gasteiger partial charge in [0.1, 0.15) is 5.54 Å². The Morgan fingerprint density at radius 1 is 0.906 bits per heavy atom. The Hall–Kier alpha value is -3.03. The third kappa shape index (κ3) is 4.59. The summed E-state index contributed by atoms with van der Waals surface area (Å²) in [6.07, 6.45) is -0.410. The number of hydrogen-bond donors (Lipinski definition) is 2. The minimum Gasteiger partial charge on any atom is -0.336 e. The fraction of sp³-hybridized carbons (Fsp3) is 0.417. The highest BCUT2D eigenvalue weighted by molar-refractivity contribution is 5.96. The molecule has 2 aromatic carbocycles. The lowest BCUT2D eigenvalue weighted by molar-refractivity contribution is -0.140. The molecule has 32 heavy (non-hydrogen) atoms. The first-order chi connectivity index (χ1) is 15.3. The van der Waals surface area contributed by atoms with Gasteiger partial charge in [-0.3, -0.25) is 4.79 Å². The van der Waals surface area contributed by atoms with Crippen molar-refractivity contribution in [3.05, 3.63) is 65.2 Å². The highest BCUT2D eigenvalue weighted by atomic mass is 19.4. The number of fused-ring (bicyclic) bond motifs is 1. The molecule has 1 aliphatic heterocycles. The van der Waals surface area contributed by atoms with Crippen LogP contribution < -0.4 is 10.6 Å². The van der Waals surface area contributed by atoms with Gasteiger partial charge in [-0.05, 0) is 42.5 Å². The van der Waals surface area contributed by atoms with Gasteiger partial charge in [0.15, 0.2) is 0 Å². The molecule has 0 saturated heterocycles. The SMILES string of the molecule is O=C(Nc1ccccc1C(F)(F)F)NC1(C(=O)N2CCc3ccccc3C2)CCCCC1. The summed E-state index contributed by atoms with van der Waals surface area (Å²) in [6.45, 7) is 1.02. The molecular weight excluding hydrogens is 419 g/mol. The molecular formula is C24H26F3N3O2. The quantitative estimate of drug-likeness (QED) is 0.689. The Labute approximate surface area is 185 Å². The van der Waals surface area contributed by atoms with Crippen molar-refractivity contribution >= 4 is 17.6 Å². The van der Waals surface area contributed by atoms with Crippen LogP contribution in [0.1, 0.15) is 48.8 Å². The number of carbonyl (C=O) groups excluding carboxylic acids is 2. The number of anilines is 1. The average Bonchev–Trinajstić information content (AvgIpc) is 2.78. The molecule has 2 aromatic rings. The Kier molecular flexibility index (Phi) is 6.13. The molecule has 5 nitrogen and oxygen atoms in total. The van der Waals surface area contributed by atoms with E-state index in [1.165, 1.54) is 23.8 Å². The van der Waals surface area contributed by atoms with Crippen LogP contribution in [0, 0.1) is 0 Å². The smallest absolute Gasteiger partial charge is 0.336 e. The Bertz CT molecular complexity index is 1000. The number of nitrogens with zero attached hydrogens (tertiary/aromatic N) is 1. The second-order valence-electron chi connectivity index (χ2n) is 8.51. The summed E-state index contributed by atoms with van der Waals surface area (Å²) >= 11 is 0. The second-order valence-corrected chi connectivity index (χ2v) is 8.51. The molecule has 0 aromatic heterocycles. The van der Waals surface area contributed by atoms with E-state index in [1.54, 1.807) is 4.90 Å². The first kappa shape index (κ1) is 22.2. The van der Waals surface area contributed by atoms with Crippen molar-refractivity contribution in [2.45, 2.75) is 56.8 Å². The van der Waals surface area contributed by atoms with Crippen molar-refractivity contribution in [2.24, 2.45) is 0 Å². The molecule has 3 amide bonds. The number of urea groups is 1. The third-order valence-corrected chi connectivity index (χ3v) is 6.37. The van der Waals surface area contributed by atoms with Crippen molar-refractivity contribution < 1.29 is 22.8 Å². The minimum atomic E-state index is -4.59. The van der Waals surface area contributed by atoms with Crippen LogP contribution in [0.3, 0.4) is 0 Å². The predicted octanol–water partition coefficient (Wildman–Crippen LogP) is 5.11. The zero-order valence-corrected chi connectivity index (χ0v) is 17.7. The molecule has 2 N–H and O–H groups in total. The van der Waals surface area contributed by atoms with Crippen LogP contribution in [0.5, 0.6) is 0 Å². The van der Waals surface area contributed by atoms with E-state index in [1.807, 2.05) is 18.2 Å². The Balaban J connectivity index is 1.53. The van der Waals surface area contributed by atoms with E-state index in [2.05, 4.69) is 16.7 Å². The molecule has 8 heteroatoms. The summed E-state index contributed by atoms with van der Waals surface area (Å²) in [5, 5.41) is 5.09. The monoisotopic (exact) mass is 445 g/mol. The van der Waals surface area contributed by atoms with Gasteiger partial charge in [-0.1, -0.05) is 55.7 Å². The van der Waals surface area contributed by atoms with E-state index < -0.39 is 23.3 Å². The molecule has 1 heterocycles. The largest absolute Gasteiger partial charge is 0.418 e. The number of nitrogens with one attached hydrogen (secondary N) is 2. The topological polar surface area (TPSA) is 61.4 Å². The molecule has 1 saturated carbocycles. The zero-order valence-electron chi connectivity index (χ0n) is 17.7. The normalized spacial score (nSPS) is 17.9. The van der Waals surface area contributed by atoms with Crippen molar-refractivity contribution in [1.29, 1.82) is 0 Å². The van der Waals surface area contributed by atoms with E-state index in [9.17, 15) is 22.8 Å². The van der Waals surface area contributed by atoms with Crippen LogP contribution in [0.15, 0.2) is 48.5 Å². The summed E-state index contributed by atoms with van der Waals surface area (Å²) in [6, 6.07) is 12.0. The number of benzene rings is 2. The van der Waals surface area contributed by atoms with E-state index in [4.69, 9.17) is 0 Å². The molecule has 2 aliphatic rings. The summed E-state index contributed by atoms with van der Waals surface area (Å²) in [7, 11) is 0. The lowest BCUT2D eigenvalue weighted by atomic mass is 9.80. The highest BCUT2D eigenvalue weighted by Crippen LogP contribution is 2.35. The van der Waals surface area contributed by atoms with E-state index in [0.29, 0.717) is 25.9 Å². The molecule has 0 atom stereocenters. The number of rotatable bonds is 3. The van der Waals surface area contributed by atoms with Crippen LogP contribution in [0.2, 0.25) is 0 Å². The van der Waals surface area contributed by atoms with Crippen molar-refractivity contribution in [3.63, 3.8) is 0 Å². The fourth-order valence-electron chi connectivity index (χ4n) is 4.73. The van der Waals surface area contributed by atoms with E-state index >= 15 is 0 Å². The number of alkyl halides is 3. The van der Waals surface area contributed by atoms with Gasteiger partial charge in [-0.25, -0.2) is 4.79 Å². The summed E-state index contributed by atoms with van der Waals surface area (Å²) in [5.74, 6) is -0.161. The van der Waals surface area contributed by atoms with Gasteiger partial charge in [0.05, 0.1) is 11.3 Å². The third-order valence-electron chi connectivity index (χ3n) is 6.37. The predicted molar refractivity (Wildman–Crippen MR) is 115 cm³/mol. The van der Waals surface area contributed by atoms with Gasteiger partial charge < -0.3 is 15.5 Å². The van der Waals surface area contributed by atoms with Crippen LogP contribution in [0.25, 0.3) is 0 Å². The number of amides is 3. The minimum absolute atomic E-state index is 0.161. The zero-order chi connectivity index (χ0) is 22.8. The summed E-state index contributed by atoms with van der Waals surface area (Å²) in [4.78, 5) is 28.2. The van der Waals surface area contributed by atoms with E-state index in [0.717, 1.165) is 37.3 Å². The van der Waals surface area contributed by atoms with Gasteiger partial charge in [-0.2, -0.15) is 13.2 Å². The summed E-state index contributed by atoms with van der Waals surface area (Å²) < 4.78 is 39.9. The van der Waals surface area contributed by atoms with Crippen LogP contribution in [-0.2, 0) is 23.9 Å². The average molecular weight is 445 g/mol. The molecule has 0 radical (unpaired) electrons. The first-order valence-corrected chi connectivity index (χ1v) is 10.9. The highest BCUT2D eigenvalue weighted by Gasteiger charge is 2.44. The lowest BCUT2D eigenvalue weighted by Gasteiger charge is -2.41. The van der Waals surface area contributed by atoms with E-state index in [-0.39, 0.29) is 11.6 Å².